The fourth-order valence-electron chi connectivity index (χ4n) is 1.15. The van der Waals surface area contributed by atoms with E-state index in [2.05, 4.69) is 0 Å². The summed E-state index contributed by atoms with van der Waals surface area (Å²) in [5.41, 5.74) is 1.68. The molecule has 0 aromatic heterocycles. The molecular weight excluding hydrogens is 232 g/mol. The maximum atomic E-state index is 11.3. The first kappa shape index (κ1) is 13.8. The van der Waals surface area contributed by atoms with Crippen molar-refractivity contribution in [3.8, 4) is 11.5 Å². The Bertz CT molecular complexity index is 483. The lowest BCUT2D eigenvalue weighted by Crippen LogP contribution is -2.00. The van der Waals surface area contributed by atoms with Crippen LogP contribution in [-0.4, -0.2) is 22.8 Å². The van der Waals surface area contributed by atoms with Gasteiger partial charge in [-0.05, 0) is 43.7 Å². The molecule has 0 amide bonds. The van der Waals surface area contributed by atoms with Crippen LogP contribution in [0.25, 0.3) is 6.08 Å². The Kier molecular flexibility index (Phi) is 4.99. The first-order valence-electron chi connectivity index (χ1n) is 5.49. The lowest BCUT2D eigenvalue weighted by molar-refractivity contribution is -0.136. The number of allylic oxidation sites excluding steroid dienone is 1. The van der Waals surface area contributed by atoms with Gasteiger partial charge < -0.3 is 14.9 Å². The molecule has 4 nitrogen and oxygen atoms in total. The molecular formula is C14H16O4. The first-order valence-corrected chi connectivity index (χ1v) is 5.49. The summed E-state index contributed by atoms with van der Waals surface area (Å²) >= 11 is 0. The minimum absolute atomic E-state index is 0.196. The molecule has 0 radical (unpaired) electrons. The quantitative estimate of drug-likeness (QED) is 0.372. The predicted octanol–water partition coefficient (Wildman–Crippen LogP) is 2.62. The van der Waals surface area contributed by atoms with Crippen LogP contribution in [0.5, 0.6) is 11.5 Å². The number of aromatic hydroxyl groups is 2. The summed E-state index contributed by atoms with van der Waals surface area (Å²) in [4.78, 5) is 11.3. The first-order chi connectivity index (χ1) is 8.49. The molecule has 0 unspecified atom stereocenters. The normalized spacial score (nSPS) is 10.3. The molecule has 0 fully saturated rings. The van der Waals surface area contributed by atoms with Gasteiger partial charge in [0.05, 0.1) is 0 Å². The smallest absolute Gasteiger partial charge is 0.331 e. The van der Waals surface area contributed by atoms with E-state index in [1.54, 1.807) is 12.1 Å². The Labute approximate surface area is 106 Å². The molecule has 0 aliphatic rings. The minimum atomic E-state index is -0.458. The summed E-state index contributed by atoms with van der Waals surface area (Å²) < 4.78 is 4.91. The maximum absolute atomic E-state index is 11.3. The van der Waals surface area contributed by atoms with Gasteiger partial charge >= 0.3 is 5.97 Å². The van der Waals surface area contributed by atoms with Crippen molar-refractivity contribution in [2.75, 3.05) is 6.61 Å². The van der Waals surface area contributed by atoms with Crippen LogP contribution in [0.3, 0.4) is 0 Å². The Balaban J connectivity index is 2.55. The molecule has 1 aromatic carbocycles. The fraction of sp³-hybridized carbons (Fsp3) is 0.214. The number of esters is 1. The van der Waals surface area contributed by atoms with Gasteiger partial charge in [-0.3, -0.25) is 0 Å². The summed E-state index contributed by atoms with van der Waals surface area (Å²) in [5.74, 6) is -0.881. The second kappa shape index (κ2) is 6.49. The highest BCUT2D eigenvalue weighted by Gasteiger charge is 1.99. The monoisotopic (exact) mass is 248 g/mol. The number of phenolic OH excluding ortho intramolecular Hbond substituents is 2. The summed E-state index contributed by atoms with van der Waals surface area (Å²) in [6.45, 7) is 4.08. The molecule has 0 atom stereocenters. The SMILES string of the molecule is CC(C)=CCOC(=O)/C=C\c1ccc(O)c(O)c1. The van der Waals surface area contributed by atoms with E-state index >= 15 is 0 Å². The van der Waals surface area contributed by atoms with Crippen molar-refractivity contribution in [2.45, 2.75) is 13.8 Å². The van der Waals surface area contributed by atoms with Gasteiger partial charge in [0.25, 0.3) is 0 Å². The summed E-state index contributed by atoms with van der Waals surface area (Å²) in [6, 6.07) is 4.29. The number of hydrogen-bond acceptors (Lipinski definition) is 4. The zero-order chi connectivity index (χ0) is 13.5. The van der Waals surface area contributed by atoms with Gasteiger partial charge in [-0.15, -0.1) is 0 Å². The van der Waals surface area contributed by atoms with Gasteiger partial charge in [-0.25, -0.2) is 4.79 Å². The van der Waals surface area contributed by atoms with E-state index in [0.29, 0.717) is 5.56 Å². The molecule has 2 N–H and O–H groups in total. The zero-order valence-corrected chi connectivity index (χ0v) is 10.4. The number of benzene rings is 1. The largest absolute Gasteiger partial charge is 0.504 e. The van der Waals surface area contributed by atoms with Gasteiger partial charge in [0.2, 0.25) is 0 Å². The van der Waals surface area contributed by atoms with Crippen molar-refractivity contribution in [1.82, 2.24) is 0 Å². The Morgan fingerprint density at radius 2 is 2.00 bits per heavy atom. The Morgan fingerprint density at radius 1 is 1.28 bits per heavy atom. The van der Waals surface area contributed by atoms with Gasteiger partial charge in [-0.1, -0.05) is 11.6 Å². The number of rotatable bonds is 4. The number of carbonyl (C=O) groups is 1. The van der Waals surface area contributed by atoms with Gasteiger partial charge in [-0.2, -0.15) is 0 Å². The molecule has 0 aliphatic carbocycles. The Morgan fingerprint density at radius 3 is 2.61 bits per heavy atom. The number of hydrogen-bond donors (Lipinski definition) is 2. The summed E-state index contributed by atoms with van der Waals surface area (Å²) in [7, 11) is 0. The van der Waals surface area contributed by atoms with Crippen LogP contribution in [0.1, 0.15) is 19.4 Å². The topological polar surface area (TPSA) is 66.8 Å². The number of ether oxygens (including phenoxy) is 1. The molecule has 96 valence electrons. The van der Waals surface area contributed by atoms with Crippen LogP contribution in [0, 0.1) is 0 Å². The van der Waals surface area contributed by atoms with Crippen molar-refractivity contribution in [3.05, 3.63) is 41.5 Å². The van der Waals surface area contributed by atoms with Crippen LogP contribution in [-0.2, 0) is 9.53 Å². The molecule has 0 saturated carbocycles. The van der Waals surface area contributed by atoms with Gasteiger partial charge in [0.1, 0.15) is 6.61 Å². The lowest BCUT2D eigenvalue weighted by Gasteiger charge is -1.99. The van der Waals surface area contributed by atoms with E-state index in [1.165, 1.54) is 24.3 Å². The van der Waals surface area contributed by atoms with Crippen molar-refractivity contribution in [1.29, 1.82) is 0 Å². The molecule has 0 bridgehead atoms. The third-order valence-electron chi connectivity index (χ3n) is 2.13. The summed E-state index contributed by atoms with van der Waals surface area (Å²) in [6.07, 6.45) is 4.58. The molecule has 0 heterocycles. The summed E-state index contributed by atoms with van der Waals surface area (Å²) in [5, 5.41) is 18.4. The average Bonchev–Trinajstić information content (AvgIpc) is 2.30. The van der Waals surface area contributed by atoms with Gasteiger partial charge in [0.15, 0.2) is 11.5 Å². The Hall–Kier alpha value is -2.23. The molecule has 1 aromatic rings. The molecule has 18 heavy (non-hydrogen) atoms. The third-order valence-corrected chi connectivity index (χ3v) is 2.13. The zero-order valence-electron chi connectivity index (χ0n) is 10.4. The van der Waals surface area contributed by atoms with Crippen molar-refractivity contribution in [3.63, 3.8) is 0 Å². The number of phenols is 2. The molecule has 0 aliphatic heterocycles. The van der Waals surface area contributed by atoms with Crippen LogP contribution >= 0.6 is 0 Å². The second-order valence-electron chi connectivity index (χ2n) is 3.99. The standard InChI is InChI=1S/C14H16O4/c1-10(2)7-8-18-14(17)6-4-11-3-5-12(15)13(16)9-11/h3-7,9,15-16H,8H2,1-2H3/b6-4-. The van der Waals surface area contributed by atoms with Crippen LogP contribution in [0.15, 0.2) is 35.9 Å². The van der Waals surface area contributed by atoms with Gasteiger partial charge in [0, 0.05) is 6.08 Å². The molecule has 0 spiro atoms. The van der Waals surface area contributed by atoms with Crippen molar-refractivity contribution < 1.29 is 19.7 Å². The lowest BCUT2D eigenvalue weighted by atomic mass is 10.2. The fourth-order valence-corrected chi connectivity index (χ4v) is 1.15. The minimum Gasteiger partial charge on any atom is -0.504 e. The molecule has 4 heteroatoms. The van der Waals surface area contributed by atoms with E-state index in [0.717, 1.165) is 5.57 Å². The maximum Gasteiger partial charge on any atom is 0.331 e. The van der Waals surface area contributed by atoms with E-state index in [-0.39, 0.29) is 18.1 Å². The van der Waals surface area contributed by atoms with Crippen molar-refractivity contribution in [2.24, 2.45) is 0 Å². The highest BCUT2D eigenvalue weighted by molar-refractivity contribution is 5.87. The van der Waals surface area contributed by atoms with E-state index in [9.17, 15) is 9.90 Å². The van der Waals surface area contributed by atoms with Crippen LogP contribution in [0.4, 0.5) is 0 Å². The highest BCUT2D eigenvalue weighted by Crippen LogP contribution is 2.25. The van der Waals surface area contributed by atoms with Crippen LogP contribution in [0.2, 0.25) is 0 Å². The third kappa shape index (κ3) is 4.74. The molecule has 0 saturated heterocycles. The second-order valence-corrected chi connectivity index (χ2v) is 3.99. The molecule has 1 rings (SSSR count). The van der Waals surface area contributed by atoms with Crippen LogP contribution < -0.4 is 0 Å². The average molecular weight is 248 g/mol. The highest BCUT2D eigenvalue weighted by atomic mass is 16.5. The number of carbonyl (C=O) groups excluding carboxylic acids is 1. The van der Waals surface area contributed by atoms with E-state index in [1.807, 2.05) is 13.8 Å². The van der Waals surface area contributed by atoms with Crippen molar-refractivity contribution >= 4 is 12.0 Å². The van der Waals surface area contributed by atoms with E-state index < -0.39 is 5.97 Å². The predicted molar refractivity (Wildman–Crippen MR) is 69.2 cm³/mol. The van der Waals surface area contributed by atoms with E-state index in [4.69, 9.17) is 9.84 Å².